The molecule has 6 heteroatoms. The zero-order chi connectivity index (χ0) is 17.6. The summed E-state index contributed by atoms with van der Waals surface area (Å²) in [6, 6.07) is 8.60. The molecule has 0 amide bonds. The van der Waals surface area contributed by atoms with Crippen molar-refractivity contribution in [3.05, 3.63) is 24.3 Å². The maximum absolute atomic E-state index is 5.79. The van der Waals surface area contributed by atoms with Gasteiger partial charge in [0.15, 0.2) is 5.11 Å². The maximum atomic E-state index is 5.79. The Balaban J connectivity index is 1.43. The summed E-state index contributed by atoms with van der Waals surface area (Å²) in [6.07, 6.45) is 5.29. The fourth-order valence-electron chi connectivity index (χ4n) is 3.78. The lowest BCUT2D eigenvalue weighted by Gasteiger charge is -2.36. The Morgan fingerprint density at radius 2 is 2.00 bits per heavy atom. The number of hydrogen-bond donors (Lipinski definition) is 2. The second kappa shape index (κ2) is 8.83. The van der Waals surface area contributed by atoms with E-state index in [4.69, 9.17) is 21.7 Å². The van der Waals surface area contributed by atoms with Crippen LogP contribution >= 0.6 is 12.2 Å². The normalized spacial score (nSPS) is 22.6. The van der Waals surface area contributed by atoms with Gasteiger partial charge in [0.05, 0.1) is 20.2 Å². The molecule has 3 rings (SSSR count). The van der Waals surface area contributed by atoms with Crippen molar-refractivity contribution < 1.29 is 14.4 Å². The Morgan fingerprint density at radius 1 is 1.28 bits per heavy atom. The lowest BCUT2D eigenvalue weighted by molar-refractivity contribution is -0.910. The summed E-state index contributed by atoms with van der Waals surface area (Å²) in [7, 11) is 3.99. The SMILES string of the molecule is COc1ccc(NC(=S)N2CCC([NH+](C)CC3CCCO3)CC2)cc1. The number of quaternary nitrogens is 1. The predicted octanol–water partition coefficient (Wildman–Crippen LogP) is 1.55. The molecule has 2 heterocycles. The van der Waals surface area contributed by atoms with Crippen molar-refractivity contribution in [3.8, 4) is 5.75 Å². The molecule has 2 aliphatic rings. The van der Waals surface area contributed by atoms with E-state index in [0.29, 0.717) is 12.1 Å². The number of methoxy groups -OCH3 is 1. The molecule has 2 aliphatic heterocycles. The number of ether oxygens (including phenoxy) is 2. The molecule has 2 N–H and O–H groups in total. The van der Waals surface area contributed by atoms with E-state index in [-0.39, 0.29) is 0 Å². The number of likely N-dealkylation sites (N-methyl/N-ethyl adjacent to an activating group) is 1. The third-order valence-electron chi connectivity index (χ3n) is 5.39. The van der Waals surface area contributed by atoms with Crippen molar-refractivity contribution in [1.82, 2.24) is 4.90 Å². The second-order valence-corrected chi connectivity index (χ2v) is 7.49. The van der Waals surface area contributed by atoms with E-state index < -0.39 is 0 Å². The van der Waals surface area contributed by atoms with Gasteiger partial charge >= 0.3 is 0 Å². The van der Waals surface area contributed by atoms with Gasteiger partial charge in [0.1, 0.15) is 18.4 Å². The smallest absolute Gasteiger partial charge is 0.173 e. The number of benzene rings is 1. The van der Waals surface area contributed by atoms with Gasteiger partial charge < -0.3 is 24.6 Å². The van der Waals surface area contributed by atoms with E-state index in [1.807, 2.05) is 24.3 Å². The maximum Gasteiger partial charge on any atom is 0.173 e. The summed E-state index contributed by atoms with van der Waals surface area (Å²) in [5, 5.41) is 4.16. The van der Waals surface area contributed by atoms with E-state index in [1.165, 1.54) is 25.7 Å². The van der Waals surface area contributed by atoms with Crippen LogP contribution in [0.3, 0.4) is 0 Å². The average molecular weight is 365 g/mol. The van der Waals surface area contributed by atoms with E-state index in [1.54, 1.807) is 12.0 Å². The molecule has 0 spiro atoms. The van der Waals surface area contributed by atoms with Crippen LogP contribution in [0.25, 0.3) is 0 Å². The number of piperidine rings is 1. The van der Waals surface area contributed by atoms with Gasteiger partial charge in [0.25, 0.3) is 0 Å². The highest BCUT2D eigenvalue weighted by atomic mass is 32.1. The zero-order valence-corrected chi connectivity index (χ0v) is 16.1. The average Bonchev–Trinajstić information content (AvgIpc) is 3.15. The van der Waals surface area contributed by atoms with Crippen molar-refractivity contribution in [2.45, 2.75) is 37.8 Å². The number of anilines is 1. The summed E-state index contributed by atoms with van der Waals surface area (Å²) in [5.41, 5.74) is 1.01. The molecule has 2 atom stereocenters. The van der Waals surface area contributed by atoms with Gasteiger partial charge in [-0.25, -0.2) is 0 Å². The first-order valence-corrected chi connectivity index (χ1v) is 9.70. The fraction of sp³-hybridized carbons (Fsp3) is 0.632. The van der Waals surface area contributed by atoms with Crippen molar-refractivity contribution in [2.24, 2.45) is 0 Å². The number of hydrogen-bond acceptors (Lipinski definition) is 3. The highest BCUT2D eigenvalue weighted by Crippen LogP contribution is 2.17. The largest absolute Gasteiger partial charge is 0.497 e. The van der Waals surface area contributed by atoms with E-state index >= 15 is 0 Å². The molecule has 2 fully saturated rings. The van der Waals surface area contributed by atoms with Gasteiger partial charge in [0.2, 0.25) is 0 Å². The third-order valence-corrected chi connectivity index (χ3v) is 5.75. The molecular weight excluding hydrogens is 334 g/mol. The van der Waals surface area contributed by atoms with Crippen LogP contribution in [-0.4, -0.2) is 62.6 Å². The van der Waals surface area contributed by atoms with E-state index in [0.717, 1.165) is 42.8 Å². The van der Waals surface area contributed by atoms with Gasteiger partial charge in [-0.05, 0) is 49.3 Å². The first kappa shape index (κ1) is 18.4. The molecule has 0 aromatic heterocycles. The highest BCUT2D eigenvalue weighted by Gasteiger charge is 2.29. The summed E-state index contributed by atoms with van der Waals surface area (Å²) in [5.74, 6) is 0.856. The Labute approximate surface area is 156 Å². The first-order valence-electron chi connectivity index (χ1n) is 9.29. The van der Waals surface area contributed by atoms with E-state index in [2.05, 4.69) is 17.3 Å². The van der Waals surface area contributed by atoms with Crippen LogP contribution in [0.1, 0.15) is 25.7 Å². The van der Waals surface area contributed by atoms with Crippen LogP contribution in [0.2, 0.25) is 0 Å². The fourth-order valence-corrected chi connectivity index (χ4v) is 4.08. The van der Waals surface area contributed by atoms with Gasteiger partial charge in [-0.15, -0.1) is 0 Å². The Hall–Kier alpha value is -1.37. The van der Waals surface area contributed by atoms with Gasteiger partial charge in [0, 0.05) is 38.2 Å². The zero-order valence-electron chi connectivity index (χ0n) is 15.3. The molecule has 1 aromatic rings. The van der Waals surface area contributed by atoms with Crippen molar-refractivity contribution in [1.29, 1.82) is 0 Å². The number of thiocarbonyl (C=S) groups is 1. The van der Waals surface area contributed by atoms with Gasteiger partial charge in [-0.3, -0.25) is 0 Å². The Morgan fingerprint density at radius 3 is 2.60 bits per heavy atom. The van der Waals surface area contributed by atoms with Gasteiger partial charge in [-0.2, -0.15) is 0 Å². The van der Waals surface area contributed by atoms with Crippen LogP contribution in [0.15, 0.2) is 24.3 Å². The first-order chi connectivity index (χ1) is 12.2. The molecule has 0 bridgehead atoms. The summed E-state index contributed by atoms with van der Waals surface area (Å²) in [4.78, 5) is 3.90. The minimum absolute atomic E-state index is 0.468. The van der Waals surface area contributed by atoms with E-state index in [9.17, 15) is 0 Å². The molecule has 2 unspecified atom stereocenters. The Bertz CT molecular complexity index is 552. The molecule has 0 saturated carbocycles. The minimum atomic E-state index is 0.468. The van der Waals surface area contributed by atoms with Crippen LogP contribution in [0.5, 0.6) is 5.75 Å². The standard InChI is InChI=1S/C19H29N3O2S/c1-21(14-18-4-3-13-24-18)16-9-11-22(12-10-16)19(25)20-15-5-7-17(23-2)8-6-15/h5-8,16,18H,3-4,9-14H2,1-2H3,(H,20,25)/p+1. The van der Waals surface area contributed by atoms with Crippen molar-refractivity contribution in [3.63, 3.8) is 0 Å². The summed E-state index contributed by atoms with van der Waals surface area (Å²) >= 11 is 5.59. The molecule has 25 heavy (non-hydrogen) atoms. The molecule has 138 valence electrons. The van der Waals surface area contributed by atoms with Crippen LogP contribution in [0.4, 0.5) is 5.69 Å². The van der Waals surface area contributed by atoms with Crippen molar-refractivity contribution >= 4 is 23.0 Å². The second-order valence-electron chi connectivity index (χ2n) is 7.11. The van der Waals surface area contributed by atoms with Crippen LogP contribution in [0, 0.1) is 0 Å². The quantitative estimate of drug-likeness (QED) is 0.776. The molecule has 2 saturated heterocycles. The molecule has 1 aromatic carbocycles. The number of rotatable bonds is 5. The highest BCUT2D eigenvalue weighted by molar-refractivity contribution is 7.80. The molecule has 0 radical (unpaired) electrons. The number of nitrogens with one attached hydrogen (secondary N) is 2. The summed E-state index contributed by atoms with van der Waals surface area (Å²) in [6.45, 7) is 4.13. The number of likely N-dealkylation sites (tertiary alicyclic amines) is 1. The predicted molar refractivity (Wildman–Crippen MR) is 105 cm³/mol. The molecule has 0 aliphatic carbocycles. The third kappa shape index (κ3) is 5.06. The van der Waals surface area contributed by atoms with Gasteiger partial charge in [-0.1, -0.05) is 0 Å². The summed E-state index contributed by atoms with van der Waals surface area (Å²) < 4.78 is 11.0. The molecular formula is C19H30N3O2S+. The topological polar surface area (TPSA) is 38.2 Å². The monoisotopic (exact) mass is 364 g/mol. The van der Waals surface area contributed by atoms with Crippen LogP contribution in [-0.2, 0) is 4.74 Å². The molecule has 5 nitrogen and oxygen atoms in total. The Kier molecular flexibility index (Phi) is 6.51. The van der Waals surface area contributed by atoms with Crippen LogP contribution < -0.4 is 15.0 Å². The van der Waals surface area contributed by atoms with Crippen molar-refractivity contribution in [2.75, 3.05) is 45.7 Å². The lowest BCUT2D eigenvalue weighted by Crippen LogP contribution is -3.14. The number of nitrogens with zero attached hydrogens (tertiary/aromatic N) is 1. The minimum Gasteiger partial charge on any atom is -0.497 e. The lowest BCUT2D eigenvalue weighted by atomic mass is 10.0.